The van der Waals surface area contributed by atoms with Crippen molar-refractivity contribution >= 4 is 17.7 Å². The maximum absolute atomic E-state index is 12.8. The van der Waals surface area contributed by atoms with Gasteiger partial charge in [-0.05, 0) is 54.8 Å². The number of carbonyl (C=O) groups is 3. The van der Waals surface area contributed by atoms with Gasteiger partial charge in [0.05, 0.1) is 0 Å². The highest BCUT2D eigenvalue weighted by Gasteiger charge is 2.48. The Kier molecular flexibility index (Phi) is 4.07. The minimum absolute atomic E-state index is 0.113. The molecule has 0 spiro atoms. The predicted molar refractivity (Wildman–Crippen MR) is 102 cm³/mol. The number of hydrogen-bond donors (Lipinski definition) is 2. The summed E-state index contributed by atoms with van der Waals surface area (Å²) in [4.78, 5) is 40.5. The molecule has 2 saturated heterocycles. The van der Waals surface area contributed by atoms with Crippen LogP contribution in [0.25, 0.3) is 0 Å². The molecule has 5 rings (SSSR count). The Morgan fingerprint density at radius 2 is 2.07 bits per heavy atom. The second kappa shape index (κ2) is 6.39. The van der Waals surface area contributed by atoms with E-state index in [1.165, 1.54) is 24.8 Å². The normalized spacial score (nSPS) is 32.2. The Morgan fingerprint density at radius 3 is 2.82 bits per heavy atom. The van der Waals surface area contributed by atoms with Gasteiger partial charge < -0.3 is 10.6 Å². The number of hydrogen-bond acceptors (Lipinski definition) is 5. The van der Waals surface area contributed by atoms with Crippen molar-refractivity contribution in [3.63, 3.8) is 0 Å². The molecule has 3 unspecified atom stereocenters. The van der Waals surface area contributed by atoms with Crippen LogP contribution in [-0.4, -0.2) is 52.7 Å². The number of rotatable bonds is 4. The van der Waals surface area contributed by atoms with Crippen LogP contribution in [0.2, 0.25) is 0 Å². The van der Waals surface area contributed by atoms with Gasteiger partial charge in [0.25, 0.3) is 5.91 Å². The summed E-state index contributed by atoms with van der Waals surface area (Å²) in [6.07, 6.45) is 4.35. The fourth-order valence-corrected chi connectivity index (χ4v) is 5.59. The monoisotopic (exact) mass is 382 g/mol. The average molecular weight is 382 g/mol. The van der Waals surface area contributed by atoms with Gasteiger partial charge in [-0.15, -0.1) is 0 Å². The fourth-order valence-electron chi connectivity index (χ4n) is 5.59. The largest absolute Gasteiger partial charge is 0.330 e. The summed E-state index contributed by atoms with van der Waals surface area (Å²) in [6.45, 7) is 3.14. The molecule has 148 valence electrons. The molecule has 1 saturated carbocycles. The molecule has 3 amide bonds. The SMILES string of the molecule is NCC12CCC(C1)N(Cc1ccc3c(c1)CN(C1CCC(=O)NC1=O)C3=O)C2. The smallest absolute Gasteiger partial charge is 0.255 e. The molecule has 4 aliphatic rings. The van der Waals surface area contributed by atoms with E-state index in [0.29, 0.717) is 30.0 Å². The Balaban J connectivity index is 1.31. The average Bonchev–Trinajstić information content (AvgIpc) is 3.34. The number of carbonyl (C=O) groups excluding carboxylic acids is 3. The van der Waals surface area contributed by atoms with Crippen molar-refractivity contribution in [1.82, 2.24) is 15.1 Å². The van der Waals surface area contributed by atoms with Gasteiger partial charge in [0.15, 0.2) is 0 Å². The number of likely N-dealkylation sites (tertiary alicyclic amines) is 1. The summed E-state index contributed by atoms with van der Waals surface area (Å²) in [5.41, 5.74) is 9.20. The van der Waals surface area contributed by atoms with E-state index in [0.717, 1.165) is 25.2 Å². The molecule has 3 N–H and O–H groups in total. The number of fused-ring (bicyclic) bond motifs is 3. The molecule has 3 aliphatic heterocycles. The first kappa shape index (κ1) is 17.8. The van der Waals surface area contributed by atoms with Crippen LogP contribution in [0.1, 0.15) is 53.6 Å². The van der Waals surface area contributed by atoms with E-state index in [4.69, 9.17) is 5.73 Å². The third kappa shape index (κ3) is 2.76. The van der Waals surface area contributed by atoms with Crippen molar-refractivity contribution in [2.45, 2.75) is 57.3 Å². The molecule has 0 radical (unpaired) electrons. The first-order chi connectivity index (χ1) is 13.5. The Labute approximate surface area is 164 Å². The first-order valence-electron chi connectivity index (χ1n) is 10.2. The van der Waals surface area contributed by atoms with Gasteiger partial charge in [-0.25, -0.2) is 0 Å². The van der Waals surface area contributed by atoms with Crippen molar-refractivity contribution in [1.29, 1.82) is 0 Å². The standard InChI is InChI=1S/C21H26N4O3/c22-11-21-6-5-15(8-21)24(12-21)9-13-1-2-16-14(7-13)10-25(20(16)28)17-3-4-18(26)23-19(17)27/h1-2,7,15,17H,3-6,8-12,22H2,(H,23,26,27). The molecule has 3 atom stereocenters. The molecule has 1 aliphatic carbocycles. The summed E-state index contributed by atoms with van der Waals surface area (Å²) >= 11 is 0. The van der Waals surface area contributed by atoms with Crippen LogP contribution >= 0.6 is 0 Å². The summed E-state index contributed by atoms with van der Waals surface area (Å²) in [7, 11) is 0. The fraction of sp³-hybridized carbons (Fsp3) is 0.571. The Hall–Kier alpha value is -2.25. The predicted octanol–water partition coefficient (Wildman–Crippen LogP) is 0.761. The zero-order chi connectivity index (χ0) is 19.5. The highest BCUT2D eigenvalue weighted by Crippen LogP contribution is 2.47. The van der Waals surface area contributed by atoms with Crippen LogP contribution in [0.3, 0.4) is 0 Å². The van der Waals surface area contributed by atoms with E-state index in [2.05, 4.69) is 16.3 Å². The lowest BCUT2D eigenvalue weighted by atomic mass is 9.87. The maximum atomic E-state index is 12.8. The molecular formula is C21H26N4O3. The molecule has 1 aromatic carbocycles. The molecule has 2 bridgehead atoms. The van der Waals surface area contributed by atoms with Crippen LogP contribution in [-0.2, 0) is 22.7 Å². The van der Waals surface area contributed by atoms with Crippen LogP contribution in [0.15, 0.2) is 18.2 Å². The van der Waals surface area contributed by atoms with Gasteiger partial charge in [0.2, 0.25) is 11.8 Å². The van der Waals surface area contributed by atoms with Gasteiger partial charge in [-0.3, -0.25) is 24.6 Å². The van der Waals surface area contributed by atoms with Crippen molar-refractivity contribution in [2.75, 3.05) is 13.1 Å². The van der Waals surface area contributed by atoms with Crippen LogP contribution in [0, 0.1) is 5.41 Å². The van der Waals surface area contributed by atoms with Gasteiger partial charge in [-0.2, -0.15) is 0 Å². The molecule has 0 aromatic heterocycles. The van der Waals surface area contributed by atoms with Crippen molar-refractivity contribution < 1.29 is 14.4 Å². The summed E-state index contributed by atoms with van der Waals surface area (Å²) < 4.78 is 0. The zero-order valence-electron chi connectivity index (χ0n) is 15.9. The molecule has 3 heterocycles. The summed E-state index contributed by atoms with van der Waals surface area (Å²) in [6, 6.07) is 6.11. The van der Waals surface area contributed by atoms with E-state index >= 15 is 0 Å². The molecule has 7 nitrogen and oxygen atoms in total. The van der Waals surface area contributed by atoms with E-state index in [-0.39, 0.29) is 24.1 Å². The van der Waals surface area contributed by atoms with Gasteiger partial charge in [-0.1, -0.05) is 12.1 Å². The second-order valence-corrected chi connectivity index (χ2v) is 8.90. The number of nitrogens with zero attached hydrogens (tertiary/aromatic N) is 2. The van der Waals surface area contributed by atoms with Crippen LogP contribution < -0.4 is 11.1 Å². The molecule has 28 heavy (non-hydrogen) atoms. The van der Waals surface area contributed by atoms with Crippen LogP contribution in [0.4, 0.5) is 0 Å². The van der Waals surface area contributed by atoms with Crippen molar-refractivity contribution in [2.24, 2.45) is 11.1 Å². The van der Waals surface area contributed by atoms with E-state index in [1.807, 2.05) is 12.1 Å². The lowest BCUT2D eigenvalue weighted by Crippen LogP contribution is -2.52. The van der Waals surface area contributed by atoms with Gasteiger partial charge >= 0.3 is 0 Å². The number of benzene rings is 1. The Morgan fingerprint density at radius 1 is 1.21 bits per heavy atom. The van der Waals surface area contributed by atoms with Gasteiger partial charge in [0, 0.05) is 37.7 Å². The summed E-state index contributed by atoms with van der Waals surface area (Å²) in [5, 5.41) is 2.35. The van der Waals surface area contributed by atoms with Crippen molar-refractivity contribution in [3.05, 3.63) is 34.9 Å². The van der Waals surface area contributed by atoms with Crippen LogP contribution in [0.5, 0.6) is 0 Å². The number of nitrogens with one attached hydrogen (secondary N) is 1. The first-order valence-corrected chi connectivity index (χ1v) is 10.2. The maximum Gasteiger partial charge on any atom is 0.255 e. The molecule has 7 heteroatoms. The second-order valence-electron chi connectivity index (χ2n) is 8.90. The van der Waals surface area contributed by atoms with E-state index in [1.54, 1.807) is 4.90 Å². The van der Waals surface area contributed by atoms with Crippen molar-refractivity contribution in [3.8, 4) is 0 Å². The zero-order valence-corrected chi connectivity index (χ0v) is 15.9. The minimum Gasteiger partial charge on any atom is -0.330 e. The van der Waals surface area contributed by atoms with E-state index < -0.39 is 6.04 Å². The highest BCUT2D eigenvalue weighted by molar-refractivity contribution is 6.05. The lowest BCUT2D eigenvalue weighted by Gasteiger charge is -2.31. The molecular weight excluding hydrogens is 356 g/mol. The lowest BCUT2D eigenvalue weighted by molar-refractivity contribution is -0.136. The molecule has 3 fully saturated rings. The highest BCUT2D eigenvalue weighted by atomic mass is 16.2. The number of nitrogens with two attached hydrogens (primary N) is 1. The number of imide groups is 1. The topological polar surface area (TPSA) is 95.7 Å². The molecule has 1 aromatic rings. The number of amides is 3. The quantitative estimate of drug-likeness (QED) is 0.750. The minimum atomic E-state index is -0.556. The van der Waals surface area contributed by atoms with Gasteiger partial charge in [0.1, 0.15) is 6.04 Å². The summed E-state index contributed by atoms with van der Waals surface area (Å²) in [5.74, 6) is -0.737. The number of piperidine rings is 2. The Bertz CT molecular complexity index is 869. The van der Waals surface area contributed by atoms with E-state index in [9.17, 15) is 14.4 Å². The third-order valence-corrected chi connectivity index (χ3v) is 7.14. The third-order valence-electron chi connectivity index (χ3n) is 7.14.